The van der Waals surface area contributed by atoms with Crippen LogP contribution >= 0.6 is 11.6 Å². The molecule has 0 fully saturated rings. The van der Waals surface area contributed by atoms with Crippen LogP contribution < -0.4 is 14.8 Å². The maximum atomic E-state index is 5.75. The first-order valence-corrected chi connectivity index (χ1v) is 6.50. The molecule has 0 aliphatic carbocycles. The zero-order valence-electron chi connectivity index (χ0n) is 11.3. The van der Waals surface area contributed by atoms with Gasteiger partial charge in [-0.3, -0.25) is 0 Å². The lowest BCUT2D eigenvalue weighted by Crippen LogP contribution is -2.07. The van der Waals surface area contributed by atoms with Gasteiger partial charge in [0, 0.05) is 12.4 Å². The van der Waals surface area contributed by atoms with Gasteiger partial charge < -0.3 is 14.8 Å². The van der Waals surface area contributed by atoms with E-state index in [1.54, 1.807) is 0 Å². The monoisotopic (exact) mass is 294 g/mol. The van der Waals surface area contributed by atoms with Crippen molar-refractivity contribution in [3.8, 4) is 12.0 Å². The van der Waals surface area contributed by atoms with Crippen LogP contribution in [-0.4, -0.2) is 29.2 Å². The van der Waals surface area contributed by atoms with Crippen molar-refractivity contribution in [2.24, 2.45) is 0 Å². The predicted octanol–water partition coefficient (Wildman–Crippen LogP) is 2.24. The molecule has 1 aromatic carbocycles. The second-order valence-corrected chi connectivity index (χ2v) is 4.20. The van der Waals surface area contributed by atoms with E-state index in [9.17, 15) is 0 Å². The lowest BCUT2D eigenvalue weighted by molar-refractivity contribution is 0.341. The lowest BCUT2D eigenvalue weighted by Gasteiger charge is -2.07. The second-order valence-electron chi connectivity index (χ2n) is 3.94. The van der Waals surface area contributed by atoms with Gasteiger partial charge in [0.2, 0.25) is 5.95 Å². The minimum absolute atomic E-state index is 0.205. The SMILES string of the molecule is COc1nc(NCc2ccc(CCl)cc2)nc(OC)n1. The number of methoxy groups -OCH3 is 2. The molecule has 0 unspecified atom stereocenters. The number of ether oxygens (including phenoxy) is 2. The van der Waals surface area contributed by atoms with Crippen LogP contribution in [0.5, 0.6) is 12.0 Å². The van der Waals surface area contributed by atoms with Crippen molar-refractivity contribution in [2.45, 2.75) is 12.4 Å². The van der Waals surface area contributed by atoms with Gasteiger partial charge in [-0.15, -0.1) is 16.6 Å². The zero-order valence-corrected chi connectivity index (χ0v) is 12.0. The Bertz CT molecular complexity index is 541. The van der Waals surface area contributed by atoms with Crippen molar-refractivity contribution in [3.63, 3.8) is 0 Å². The summed E-state index contributed by atoms with van der Waals surface area (Å²) in [6.45, 7) is 0.582. The molecule has 0 amide bonds. The number of nitrogens with one attached hydrogen (secondary N) is 1. The van der Waals surface area contributed by atoms with Crippen molar-refractivity contribution in [1.29, 1.82) is 0 Å². The Morgan fingerprint density at radius 1 is 0.950 bits per heavy atom. The van der Waals surface area contributed by atoms with Gasteiger partial charge in [-0.1, -0.05) is 24.3 Å². The number of rotatable bonds is 6. The smallest absolute Gasteiger partial charge is 0.324 e. The molecule has 1 N–H and O–H groups in total. The molecule has 20 heavy (non-hydrogen) atoms. The van der Waals surface area contributed by atoms with Crippen LogP contribution in [0, 0.1) is 0 Å². The summed E-state index contributed by atoms with van der Waals surface area (Å²) < 4.78 is 9.97. The van der Waals surface area contributed by atoms with Gasteiger partial charge >= 0.3 is 12.0 Å². The summed E-state index contributed by atoms with van der Waals surface area (Å²) in [6.07, 6.45) is 0. The number of hydrogen-bond donors (Lipinski definition) is 1. The molecule has 1 heterocycles. The Hall–Kier alpha value is -2.08. The molecule has 106 valence electrons. The van der Waals surface area contributed by atoms with Crippen LogP contribution in [0.4, 0.5) is 5.95 Å². The van der Waals surface area contributed by atoms with Gasteiger partial charge in [0.15, 0.2) is 0 Å². The molecular weight excluding hydrogens is 280 g/mol. The summed E-state index contributed by atoms with van der Waals surface area (Å²) in [5.41, 5.74) is 2.18. The van der Waals surface area contributed by atoms with E-state index in [4.69, 9.17) is 21.1 Å². The second kappa shape index (κ2) is 6.91. The van der Waals surface area contributed by atoms with Crippen molar-refractivity contribution < 1.29 is 9.47 Å². The predicted molar refractivity (Wildman–Crippen MR) is 76.3 cm³/mol. The summed E-state index contributed by atoms with van der Waals surface area (Å²) in [5, 5.41) is 3.09. The number of aromatic nitrogens is 3. The van der Waals surface area contributed by atoms with E-state index in [1.165, 1.54) is 14.2 Å². The summed E-state index contributed by atoms with van der Waals surface area (Å²) in [5.74, 6) is 0.908. The lowest BCUT2D eigenvalue weighted by atomic mass is 10.1. The largest absolute Gasteiger partial charge is 0.467 e. The van der Waals surface area contributed by atoms with Gasteiger partial charge in [0.1, 0.15) is 0 Å². The number of alkyl halides is 1. The van der Waals surface area contributed by atoms with E-state index in [1.807, 2.05) is 24.3 Å². The standard InChI is InChI=1S/C13H15ClN4O2/c1-19-12-16-11(17-13(18-12)20-2)15-8-10-5-3-9(7-14)4-6-10/h3-6H,7-8H2,1-2H3,(H,15,16,17,18). The molecule has 0 radical (unpaired) electrons. The molecule has 2 aromatic rings. The minimum Gasteiger partial charge on any atom is -0.467 e. The Morgan fingerprint density at radius 3 is 2.00 bits per heavy atom. The molecule has 0 saturated heterocycles. The number of nitrogens with zero attached hydrogens (tertiary/aromatic N) is 3. The highest BCUT2D eigenvalue weighted by Gasteiger charge is 2.06. The third kappa shape index (κ3) is 3.71. The van der Waals surface area contributed by atoms with Crippen LogP contribution in [-0.2, 0) is 12.4 Å². The van der Waals surface area contributed by atoms with Crippen LogP contribution in [0.3, 0.4) is 0 Å². The van der Waals surface area contributed by atoms with Crippen LogP contribution in [0.15, 0.2) is 24.3 Å². The maximum Gasteiger partial charge on any atom is 0.324 e. The molecule has 1 aromatic heterocycles. The minimum atomic E-state index is 0.205. The fraction of sp³-hybridized carbons (Fsp3) is 0.308. The van der Waals surface area contributed by atoms with E-state index >= 15 is 0 Å². The van der Waals surface area contributed by atoms with E-state index in [-0.39, 0.29) is 12.0 Å². The Morgan fingerprint density at radius 2 is 1.50 bits per heavy atom. The average Bonchev–Trinajstić information content (AvgIpc) is 2.53. The third-order valence-corrected chi connectivity index (χ3v) is 2.90. The number of halogens is 1. The highest BCUT2D eigenvalue weighted by atomic mass is 35.5. The van der Waals surface area contributed by atoms with Gasteiger partial charge in [0.05, 0.1) is 14.2 Å². The average molecular weight is 295 g/mol. The summed E-state index contributed by atoms with van der Waals surface area (Å²) in [6, 6.07) is 8.38. The number of anilines is 1. The van der Waals surface area contributed by atoms with Gasteiger partial charge in [-0.25, -0.2) is 0 Å². The topological polar surface area (TPSA) is 69.2 Å². The molecule has 0 atom stereocenters. The molecule has 0 aliphatic rings. The summed E-state index contributed by atoms with van der Waals surface area (Å²) >= 11 is 5.75. The first kappa shape index (κ1) is 14.3. The number of benzene rings is 1. The van der Waals surface area contributed by atoms with E-state index in [2.05, 4.69) is 20.3 Å². The van der Waals surface area contributed by atoms with Crippen LogP contribution in [0.2, 0.25) is 0 Å². The molecule has 0 spiro atoms. The highest BCUT2D eigenvalue weighted by Crippen LogP contribution is 2.13. The molecule has 7 heteroatoms. The normalized spacial score (nSPS) is 10.2. The fourth-order valence-electron chi connectivity index (χ4n) is 1.53. The molecular formula is C13H15ClN4O2. The van der Waals surface area contributed by atoms with Crippen molar-refractivity contribution in [1.82, 2.24) is 15.0 Å². The van der Waals surface area contributed by atoms with Crippen molar-refractivity contribution >= 4 is 17.5 Å². The maximum absolute atomic E-state index is 5.75. The Balaban J connectivity index is 2.05. The Labute approximate surface area is 122 Å². The first-order chi connectivity index (χ1) is 9.75. The van der Waals surface area contributed by atoms with Crippen LogP contribution in [0.25, 0.3) is 0 Å². The van der Waals surface area contributed by atoms with E-state index in [0.29, 0.717) is 18.4 Å². The summed E-state index contributed by atoms with van der Waals surface area (Å²) in [7, 11) is 2.98. The van der Waals surface area contributed by atoms with E-state index in [0.717, 1.165) is 11.1 Å². The molecule has 2 rings (SSSR count). The number of hydrogen-bond acceptors (Lipinski definition) is 6. The van der Waals surface area contributed by atoms with Crippen molar-refractivity contribution in [2.75, 3.05) is 19.5 Å². The Kier molecular flexibility index (Phi) is 4.95. The zero-order chi connectivity index (χ0) is 14.4. The molecule has 0 bridgehead atoms. The van der Waals surface area contributed by atoms with Crippen molar-refractivity contribution in [3.05, 3.63) is 35.4 Å². The van der Waals surface area contributed by atoms with Gasteiger partial charge in [0.25, 0.3) is 0 Å². The highest BCUT2D eigenvalue weighted by molar-refractivity contribution is 6.17. The third-order valence-electron chi connectivity index (χ3n) is 2.59. The quantitative estimate of drug-likeness (QED) is 0.824. The van der Waals surface area contributed by atoms with Gasteiger partial charge in [-0.05, 0) is 11.1 Å². The van der Waals surface area contributed by atoms with E-state index < -0.39 is 0 Å². The van der Waals surface area contributed by atoms with Crippen LogP contribution in [0.1, 0.15) is 11.1 Å². The fourth-order valence-corrected chi connectivity index (χ4v) is 1.71. The molecule has 0 aliphatic heterocycles. The molecule has 0 saturated carbocycles. The molecule has 6 nitrogen and oxygen atoms in total. The summed E-state index contributed by atoms with van der Waals surface area (Å²) in [4.78, 5) is 12.1. The first-order valence-electron chi connectivity index (χ1n) is 5.97. The van der Waals surface area contributed by atoms with Gasteiger partial charge in [-0.2, -0.15) is 9.97 Å².